The molecule has 0 bridgehead atoms. The van der Waals surface area contributed by atoms with Crippen LogP contribution >= 0.6 is 22.6 Å². The zero-order valence-electron chi connectivity index (χ0n) is 14.0. The smallest absolute Gasteiger partial charge is 0.231 e. The van der Waals surface area contributed by atoms with Crippen molar-refractivity contribution in [3.05, 3.63) is 27.8 Å². The molecule has 4 nitrogen and oxygen atoms in total. The Labute approximate surface area is 151 Å². The van der Waals surface area contributed by atoms with Gasteiger partial charge in [-0.05, 0) is 74.4 Å². The molecule has 0 heterocycles. The maximum Gasteiger partial charge on any atom is 0.231 e. The van der Waals surface area contributed by atoms with Gasteiger partial charge in [-0.2, -0.15) is 0 Å². The number of amides is 2. The molecule has 0 saturated heterocycles. The predicted octanol–water partition coefficient (Wildman–Crippen LogP) is 4.09. The first kappa shape index (κ1) is 18.2. The normalized spacial score (nSPS) is 16.9. The van der Waals surface area contributed by atoms with Gasteiger partial charge in [0.25, 0.3) is 0 Å². The molecule has 0 atom stereocenters. The fourth-order valence-corrected chi connectivity index (χ4v) is 3.68. The fourth-order valence-electron chi connectivity index (χ4n) is 3.14. The van der Waals surface area contributed by atoms with Gasteiger partial charge in [-0.3, -0.25) is 9.59 Å². The highest BCUT2D eigenvalue weighted by molar-refractivity contribution is 14.1. The third-order valence-corrected chi connectivity index (χ3v) is 4.81. The van der Waals surface area contributed by atoms with E-state index in [1.807, 2.05) is 45.0 Å². The minimum absolute atomic E-state index is 0.0268. The Hall–Kier alpha value is -1.11. The lowest BCUT2D eigenvalue weighted by molar-refractivity contribution is -0.133. The Balaban J connectivity index is 2.10. The second kappa shape index (κ2) is 7.20. The van der Waals surface area contributed by atoms with Crippen LogP contribution in [0.15, 0.2) is 24.3 Å². The van der Waals surface area contributed by atoms with E-state index in [0.29, 0.717) is 0 Å². The number of nitrogens with one attached hydrogen (secondary N) is 2. The predicted molar refractivity (Wildman–Crippen MR) is 101 cm³/mol. The Bertz CT molecular complexity index is 587. The molecule has 0 aromatic heterocycles. The fraction of sp³-hybridized carbons (Fsp3) is 0.556. The number of anilines is 1. The van der Waals surface area contributed by atoms with Crippen LogP contribution in [-0.2, 0) is 9.59 Å². The molecule has 1 aromatic carbocycles. The van der Waals surface area contributed by atoms with Gasteiger partial charge in [-0.1, -0.05) is 18.9 Å². The highest BCUT2D eigenvalue weighted by Gasteiger charge is 2.43. The molecular weight excluding hydrogens is 403 g/mol. The van der Waals surface area contributed by atoms with Crippen molar-refractivity contribution in [3.63, 3.8) is 0 Å². The largest absolute Gasteiger partial charge is 0.351 e. The van der Waals surface area contributed by atoms with Crippen LogP contribution in [0.25, 0.3) is 0 Å². The Morgan fingerprint density at radius 1 is 1.22 bits per heavy atom. The molecule has 126 valence electrons. The van der Waals surface area contributed by atoms with E-state index in [1.54, 1.807) is 0 Å². The van der Waals surface area contributed by atoms with E-state index in [2.05, 4.69) is 33.2 Å². The molecule has 0 radical (unpaired) electrons. The van der Waals surface area contributed by atoms with Crippen molar-refractivity contribution >= 4 is 40.1 Å². The van der Waals surface area contributed by atoms with Gasteiger partial charge in [-0.25, -0.2) is 0 Å². The molecule has 2 rings (SSSR count). The van der Waals surface area contributed by atoms with Crippen LogP contribution in [0.5, 0.6) is 0 Å². The van der Waals surface area contributed by atoms with Crippen molar-refractivity contribution in [3.8, 4) is 0 Å². The first-order valence-electron chi connectivity index (χ1n) is 8.08. The lowest BCUT2D eigenvalue weighted by atomic mass is 9.81. The molecule has 0 unspecified atom stereocenters. The molecule has 1 aliphatic carbocycles. The number of halogens is 1. The molecule has 1 aliphatic rings. The second-order valence-electron chi connectivity index (χ2n) is 7.43. The van der Waals surface area contributed by atoms with Gasteiger partial charge < -0.3 is 10.6 Å². The van der Waals surface area contributed by atoms with E-state index < -0.39 is 5.41 Å². The Morgan fingerprint density at radius 2 is 1.87 bits per heavy atom. The van der Waals surface area contributed by atoms with Crippen molar-refractivity contribution in [2.75, 3.05) is 5.32 Å². The van der Waals surface area contributed by atoms with Crippen molar-refractivity contribution in [1.82, 2.24) is 5.32 Å². The summed E-state index contributed by atoms with van der Waals surface area (Å²) in [5.74, 6) is -0.0711. The van der Waals surface area contributed by atoms with Gasteiger partial charge in [0, 0.05) is 21.2 Å². The highest BCUT2D eigenvalue weighted by Crippen LogP contribution is 2.42. The first-order chi connectivity index (χ1) is 10.7. The van der Waals surface area contributed by atoms with Crippen LogP contribution in [0, 0.1) is 8.99 Å². The summed E-state index contributed by atoms with van der Waals surface area (Å²) in [5.41, 5.74) is -0.0520. The number of carbonyl (C=O) groups is 2. The van der Waals surface area contributed by atoms with E-state index in [0.717, 1.165) is 34.9 Å². The molecule has 0 spiro atoms. The van der Waals surface area contributed by atoms with E-state index in [-0.39, 0.29) is 23.8 Å². The summed E-state index contributed by atoms with van der Waals surface area (Å²) in [6.45, 7) is 5.87. The molecular formula is C18H25IN2O2. The van der Waals surface area contributed by atoms with Gasteiger partial charge in [0.05, 0.1) is 5.41 Å². The van der Waals surface area contributed by atoms with Gasteiger partial charge >= 0.3 is 0 Å². The van der Waals surface area contributed by atoms with Crippen LogP contribution in [0.1, 0.15) is 52.9 Å². The zero-order valence-corrected chi connectivity index (χ0v) is 16.2. The third-order valence-electron chi connectivity index (χ3n) is 4.14. The number of rotatable bonds is 4. The second-order valence-corrected chi connectivity index (χ2v) is 8.67. The SMILES string of the molecule is CC(C)(C)NC(=O)CC1(C(=O)Nc2cccc(I)c2)CCCC1. The average molecular weight is 428 g/mol. The average Bonchev–Trinajstić information content (AvgIpc) is 2.86. The summed E-state index contributed by atoms with van der Waals surface area (Å²) in [4.78, 5) is 25.2. The zero-order chi connectivity index (χ0) is 17.1. The van der Waals surface area contributed by atoms with Gasteiger partial charge in [0.1, 0.15) is 0 Å². The monoisotopic (exact) mass is 428 g/mol. The molecule has 1 aromatic rings. The molecule has 1 fully saturated rings. The summed E-state index contributed by atoms with van der Waals surface area (Å²) in [5, 5.41) is 5.99. The van der Waals surface area contributed by atoms with E-state index in [4.69, 9.17) is 0 Å². The van der Waals surface area contributed by atoms with Crippen LogP contribution < -0.4 is 10.6 Å². The molecule has 2 N–H and O–H groups in total. The summed E-state index contributed by atoms with van der Waals surface area (Å²) in [6.07, 6.45) is 3.83. The summed E-state index contributed by atoms with van der Waals surface area (Å²) in [6, 6.07) is 7.73. The molecule has 5 heteroatoms. The van der Waals surface area contributed by atoms with Crippen LogP contribution in [0.4, 0.5) is 5.69 Å². The van der Waals surface area contributed by atoms with Crippen molar-refractivity contribution in [2.24, 2.45) is 5.41 Å². The minimum atomic E-state index is -0.573. The maximum absolute atomic E-state index is 12.9. The van der Waals surface area contributed by atoms with Crippen LogP contribution in [0.2, 0.25) is 0 Å². The van der Waals surface area contributed by atoms with Crippen molar-refractivity contribution in [1.29, 1.82) is 0 Å². The van der Waals surface area contributed by atoms with Crippen LogP contribution in [0.3, 0.4) is 0 Å². The molecule has 23 heavy (non-hydrogen) atoms. The lowest BCUT2D eigenvalue weighted by Gasteiger charge is -2.29. The quantitative estimate of drug-likeness (QED) is 0.710. The standard InChI is InChI=1S/C18H25IN2O2/c1-17(2,3)21-15(22)12-18(9-4-5-10-18)16(23)20-14-8-6-7-13(19)11-14/h6-8,11H,4-5,9-10,12H2,1-3H3,(H,20,23)(H,21,22). The van der Waals surface area contributed by atoms with Gasteiger partial charge in [-0.15, -0.1) is 0 Å². The topological polar surface area (TPSA) is 58.2 Å². The first-order valence-corrected chi connectivity index (χ1v) is 9.16. The summed E-state index contributed by atoms with van der Waals surface area (Å²) < 4.78 is 1.08. The number of hydrogen-bond donors (Lipinski definition) is 2. The van der Waals surface area contributed by atoms with Crippen LogP contribution in [-0.4, -0.2) is 17.4 Å². The molecule has 0 aliphatic heterocycles. The summed E-state index contributed by atoms with van der Waals surface area (Å²) >= 11 is 2.22. The third kappa shape index (κ3) is 5.19. The molecule has 2 amide bonds. The van der Waals surface area contributed by atoms with Gasteiger partial charge in [0.15, 0.2) is 0 Å². The van der Waals surface area contributed by atoms with E-state index in [9.17, 15) is 9.59 Å². The minimum Gasteiger partial charge on any atom is -0.351 e. The Morgan fingerprint density at radius 3 is 2.43 bits per heavy atom. The lowest BCUT2D eigenvalue weighted by Crippen LogP contribution is -2.45. The summed E-state index contributed by atoms with van der Waals surface area (Å²) in [7, 11) is 0. The maximum atomic E-state index is 12.9. The van der Waals surface area contributed by atoms with Crippen molar-refractivity contribution in [2.45, 2.75) is 58.4 Å². The number of benzene rings is 1. The van der Waals surface area contributed by atoms with Crippen molar-refractivity contribution < 1.29 is 9.59 Å². The number of carbonyl (C=O) groups excluding carboxylic acids is 2. The Kier molecular flexibility index (Phi) is 5.70. The van der Waals surface area contributed by atoms with E-state index >= 15 is 0 Å². The molecule has 1 saturated carbocycles. The number of hydrogen-bond acceptors (Lipinski definition) is 2. The van der Waals surface area contributed by atoms with Gasteiger partial charge in [0.2, 0.25) is 11.8 Å². The highest BCUT2D eigenvalue weighted by atomic mass is 127. The van der Waals surface area contributed by atoms with E-state index in [1.165, 1.54) is 0 Å².